The minimum Gasteiger partial charge on any atom is -0.353 e. The highest BCUT2D eigenvalue weighted by Gasteiger charge is 2.25. The van der Waals surface area contributed by atoms with E-state index in [2.05, 4.69) is 79.5 Å². The molecule has 2 aromatic carbocycles. The average Bonchev–Trinajstić information content (AvgIpc) is 3.10. The molecule has 0 bridgehead atoms. The molecule has 4 heteroatoms. The van der Waals surface area contributed by atoms with E-state index in [1.807, 2.05) is 10.8 Å². The fraction of sp³-hybridized carbons (Fsp3) is 0.423. The number of piperidine rings is 1. The van der Waals surface area contributed by atoms with E-state index in [0.29, 0.717) is 18.5 Å². The van der Waals surface area contributed by atoms with Crippen LogP contribution in [0.2, 0.25) is 0 Å². The maximum absolute atomic E-state index is 12.6. The Bertz CT molecular complexity index is 1020. The van der Waals surface area contributed by atoms with Gasteiger partial charge in [0.05, 0.1) is 0 Å². The smallest absolute Gasteiger partial charge is 0.239 e. The predicted molar refractivity (Wildman–Crippen MR) is 125 cm³/mol. The van der Waals surface area contributed by atoms with Crippen molar-refractivity contribution in [1.29, 1.82) is 0 Å². The van der Waals surface area contributed by atoms with Crippen LogP contribution in [0.3, 0.4) is 0 Å². The molecule has 0 unspecified atom stereocenters. The molecule has 0 saturated carbocycles. The third kappa shape index (κ3) is 4.93. The van der Waals surface area contributed by atoms with E-state index in [9.17, 15) is 4.79 Å². The second kappa shape index (κ2) is 8.65. The summed E-state index contributed by atoms with van der Waals surface area (Å²) < 4.78 is 2.05. The summed E-state index contributed by atoms with van der Waals surface area (Å²) in [6.07, 6.45) is 4.55. The van der Waals surface area contributed by atoms with Crippen LogP contribution < -0.4 is 5.32 Å². The van der Waals surface area contributed by atoms with E-state index in [1.165, 1.54) is 29.5 Å². The standard InChI is InChI=1S/C26H33N3O/c1-20-5-7-21(8-6-20)23-10-9-22-11-15-29(24(22)17-23)18-25(30)27-13-16-28-14-4-12-26(2,3)19-28/h5-11,15,17H,4,12-14,16,18-19H2,1-3H3,(H,27,30). The zero-order valence-corrected chi connectivity index (χ0v) is 18.4. The van der Waals surface area contributed by atoms with Crippen molar-refractivity contribution in [1.82, 2.24) is 14.8 Å². The Labute approximate surface area is 179 Å². The van der Waals surface area contributed by atoms with Crippen molar-refractivity contribution < 1.29 is 4.79 Å². The van der Waals surface area contributed by atoms with Gasteiger partial charge >= 0.3 is 0 Å². The number of nitrogens with zero attached hydrogens (tertiary/aromatic N) is 2. The molecule has 1 aliphatic rings. The fourth-order valence-corrected chi connectivity index (χ4v) is 4.55. The van der Waals surface area contributed by atoms with Crippen molar-refractivity contribution in [3.63, 3.8) is 0 Å². The first-order valence-electron chi connectivity index (χ1n) is 11.0. The summed E-state index contributed by atoms with van der Waals surface area (Å²) in [6, 6.07) is 17.1. The molecule has 1 aromatic heterocycles. The van der Waals surface area contributed by atoms with Gasteiger partial charge in [-0.05, 0) is 60.4 Å². The molecular formula is C26H33N3O. The summed E-state index contributed by atoms with van der Waals surface area (Å²) in [5, 5.41) is 4.27. The Kier molecular flexibility index (Phi) is 5.96. The summed E-state index contributed by atoms with van der Waals surface area (Å²) in [6.45, 7) is 11.0. The van der Waals surface area contributed by atoms with Crippen molar-refractivity contribution in [3.05, 3.63) is 60.3 Å². The van der Waals surface area contributed by atoms with Gasteiger partial charge in [0.1, 0.15) is 6.54 Å². The molecule has 0 radical (unpaired) electrons. The Balaban J connectivity index is 1.38. The Morgan fingerprint density at radius 2 is 1.83 bits per heavy atom. The number of hydrogen-bond acceptors (Lipinski definition) is 2. The van der Waals surface area contributed by atoms with E-state index in [-0.39, 0.29) is 5.91 Å². The number of amides is 1. The molecule has 0 atom stereocenters. The van der Waals surface area contributed by atoms with Crippen LogP contribution >= 0.6 is 0 Å². The summed E-state index contributed by atoms with van der Waals surface area (Å²) in [7, 11) is 0. The Morgan fingerprint density at radius 3 is 2.60 bits per heavy atom. The largest absolute Gasteiger partial charge is 0.353 e. The number of carbonyl (C=O) groups is 1. The van der Waals surface area contributed by atoms with Gasteiger partial charge in [0.15, 0.2) is 0 Å². The fourth-order valence-electron chi connectivity index (χ4n) is 4.55. The number of fused-ring (bicyclic) bond motifs is 1. The molecule has 2 heterocycles. The molecule has 3 aromatic rings. The first-order chi connectivity index (χ1) is 14.4. The van der Waals surface area contributed by atoms with Crippen molar-refractivity contribution in [2.24, 2.45) is 5.41 Å². The van der Waals surface area contributed by atoms with Crippen LogP contribution in [0.4, 0.5) is 0 Å². The lowest BCUT2D eigenvalue weighted by Crippen LogP contribution is -2.44. The topological polar surface area (TPSA) is 37.3 Å². The highest BCUT2D eigenvalue weighted by Crippen LogP contribution is 2.28. The minimum absolute atomic E-state index is 0.0736. The molecule has 158 valence electrons. The molecule has 0 aliphatic carbocycles. The van der Waals surface area contributed by atoms with Gasteiger partial charge in [0, 0.05) is 31.3 Å². The number of benzene rings is 2. The molecule has 30 heavy (non-hydrogen) atoms. The maximum atomic E-state index is 12.6. The number of likely N-dealkylation sites (tertiary alicyclic amines) is 1. The number of hydrogen-bond donors (Lipinski definition) is 1. The van der Waals surface area contributed by atoms with Crippen LogP contribution in [0.15, 0.2) is 54.7 Å². The van der Waals surface area contributed by atoms with Gasteiger partial charge in [-0.15, -0.1) is 0 Å². The first kappa shape index (κ1) is 20.7. The van der Waals surface area contributed by atoms with Gasteiger partial charge in [0.25, 0.3) is 0 Å². The average molecular weight is 404 g/mol. The van der Waals surface area contributed by atoms with E-state index >= 15 is 0 Å². The molecule has 1 fully saturated rings. The summed E-state index contributed by atoms with van der Waals surface area (Å²) in [5.74, 6) is 0.0736. The zero-order chi connectivity index (χ0) is 21.1. The number of rotatable bonds is 6. The third-order valence-electron chi connectivity index (χ3n) is 6.20. The van der Waals surface area contributed by atoms with Crippen molar-refractivity contribution in [2.75, 3.05) is 26.2 Å². The number of aryl methyl sites for hydroxylation is 1. The molecule has 0 spiro atoms. The summed E-state index contributed by atoms with van der Waals surface area (Å²) in [5.41, 5.74) is 5.12. The van der Waals surface area contributed by atoms with Crippen LogP contribution in [0.5, 0.6) is 0 Å². The summed E-state index contributed by atoms with van der Waals surface area (Å²) >= 11 is 0. The van der Waals surface area contributed by atoms with Crippen LogP contribution in [0, 0.1) is 12.3 Å². The van der Waals surface area contributed by atoms with Crippen LogP contribution in [0.25, 0.3) is 22.0 Å². The normalized spacial score (nSPS) is 16.6. The SMILES string of the molecule is Cc1ccc(-c2ccc3ccn(CC(=O)NCCN4CCCC(C)(C)C4)c3c2)cc1. The van der Waals surface area contributed by atoms with Crippen LogP contribution in [0.1, 0.15) is 32.3 Å². The molecule has 1 saturated heterocycles. The second-order valence-corrected chi connectivity index (χ2v) is 9.48. The second-order valence-electron chi connectivity index (χ2n) is 9.48. The lowest BCUT2D eigenvalue weighted by atomic mass is 9.84. The van der Waals surface area contributed by atoms with E-state index < -0.39 is 0 Å². The molecule has 1 N–H and O–H groups in total. The van der Waals surface area contributed by atoms with Crippen molar-refractivity contribution in [3.8, 4) is 11.1 Å². The van der Waals surface area contributed by atoms with Crippen molar-refractivity contribution >= 4 is 16.8 Å². The number of aromatic nitrogens is 1. The van der Waals surface area contributed by atoms with Gasteiger partial charge in [-0.2, -0.15) is 0 Å². The summed E-state index contributed by atoms with van der Waals surface area (Å²) in [4.78, 5) is 15.0. The third-order valence-corrected chi connectivity index (χ3v) is 6.20. The van der Waals surface area contributed by atoms with Crippen molar-refractivity contribution in [2.45, 2.75) is 40.2 Å². The van der Waals surface area contributed by atoms with Gasteiger partial charge < -0.3 is 14.8 Å². The molecule has 1 aliphatic heterocycles. The number of nitrogens with one attached hydrogen (secondary N) is 1. The minimum atomic E-state index is 0.0736. The van der Waals surface area contributed by atoms with Crippen LogP contribution in [-0.4, -0.2) is 41.6 Å². The maximum Gasteiger partial charge on any atom is 0.239 e. The highest BCUT2D eigenvalue weighted by molar-refractivity contribution is 5.87. The van der Waals surface area contributed by atoms with Gasteiger partial charge in [-0.1, -0.05) is 55.8 Å². The highest BCUT2D eigenvalue weighted by atomic mass is 16.1. The number of carbonyl (C=O) groups excluding carboxylic acids is 1. The Hall–Kier alpha value is -2.59. The first-order valence-corrected chi connectivity index (χ1v) is 11.0. The Morgan fingerprint density at radius 1 is 1.07 bits per heavy atom. The van der Waals surface area contributed by atoms with Gasteiger partial charge in [-0.3, -0.25) is 4.79 Å². The van der Waals surface area contributed by atoms with E-state index in [4.69, 9.17) is 0 Å². The van der Waals surface area contributed by atoms with Gasteiger partial charge in [0.2, 0.25) is 5.91 Å². The molecule has 1 amide bonds. The molecular weight excluding hydrogens is 370 g/mol. The van der Waals surface area contributed by atoms with Gasteiger partial charge in [-0.25, -0.2) is 0 Å². The van der Waals surface area contributed by atoms with E-state index in [0.717, 1.165) is 30.5 Å². The predicted octanol–water partition coefficient (Wildman–Crippen LogP) is 4.85. The van der Waals surface area contributed by atoms with Crippen LogP contribution in [-0.2, 0) is 11.3 Å². The lowest BCUT2D eigenvalue weighted by Gasteiger charge is -2.38. The quantitative estimate of drug-likeness (QED) is 0.638. The lowest BCUT2D eigenvalue weighted by molar-refractivity contribution is -0.121. The molecule has 4 rings (SSSR count). The van der Waals surface area contributed by atoms with E-state index in [1.54, 1.807) is 0 Å². The molecule has 4 nitrogen and oxygen atoms in total. The monoisotopic (exact) mass is 403 g/mol. The zero-order valence-electron chi connectivity index (χ0n) is 18.4.